The van der Waals surface area contributed by atoms with Crippen LogP contribution in [0.3, 0.4) is 0 Å². The number of hydrogen-bond acceptors (Lipinski definition) is 3. The first-order valence-corrected chi connectivity index (χ1v) is 5.78. The van der Waals surface area contributed by atoms with Crippen LogP contribution in [0.4, 0.5) is 0 Å². The van der Waals surface area contributed by atoms with Crippen molar-refractivity contribution in [1.82, 2.24) is 0 Å². The second-order valence-corrected chi connectivity index (χ2v) is 4.26. The van der Waals surface area contributed by atoms with E-state index in [1.807, 2.05) is 0 Å². The average molecular weight is 258 g/mol. The molecule has 1 aromatic rings. The molecule has 94 valence electrons. The Morgan fingerprint density at radius 2 is 2.24 bits per heavy atom. The van der Waals surface area contributed by atoms with Crippen molar-refractivity contribution in [1.29, 1.82) is 0 Å². The van der Waals surface area contributed by atoms with Crippen LogP contribution in [0, 0.1) is 0 Å². The predicted octanol–water partition coefficient (Wildman–Crippen LogP) is 2.60. The van der Waals surface area contributed by atoms with Gasteiger partial charge in [-0.05, 0) is 31.5 Å². The lowest BCUT2D eigenvalue weighted by Gasteiger charge is -2.18. The smallest absolute Gasteiger partial charge is 0.344 e. The number of benzene rings is 1. The van der Waals surface area contributed by atoms with Gasteiger partial charge in [0.1, 0.15) is 5.75 Å². The highest BCUT2D eigenvalue weighted by molar-refractivity contribution is 6.30. The fourth-order valence-corrected chi connectivity index (χ4v) is 1.62. The lowest BCUT2D eigenvalue weighted by Crippen LogP contribution is -2.26. The number of carboxylic acid groups (broad SMARTS) is 1. The molecule has 0 saturated heterocycles. The van der Waals surface area contributed by atoms with Crippen molar-refractivity contribution in [2.45, 2.75) is 32.4 Å². The molecule has 2 unspecified atom stereocenters. The highest BCUT2D eigenvalue weighted by Crippen LogP contribution is 2.28. The standard InChI is InChI=1S/C12H16ClNO3/c1-3-10(12(15)16)17-11-5-4-8(13)6-9(11)7(2)14/h4-7,10H,3,14H2,1-2H3,(H,15,16). The summed E-state index contributed by atoms with van der Waals surface area (Å²) in [4.78, 5) is 10.9. The number of carbonyl (C=O) groups is 1. The zero-order valence-corrected chi connectivity index (χ0v) is 10.6. The number of nitrogens with two attached hydrogens (primary N) is 1. The molecule has 17 heavy (non-hydrogen) atoms. The Kier molecular flexibility index (Phi) is 4.78. The summed E-state index contributed by atoms with van der Waals surface area (Å²) in [5.41, 5.74) is 6.50. The van der Waals surface area contributed by atoms with Gasteiger partial charge in [0.05, 0.1) is 0 Å². The molecule has 0 heterocycles. The van der Waals surface area contributed by atoms with E-state index in [4.69, 9.17) is 27.2 Å². The van der Waals surface area contributed by atoms with Gasteiger partial charge in [-0.1, -0.05) is 18.5 Å². The van der Waals surface area contributed by atoms with Crippen LogP contribution >= 0.6 is 11.6 Å². The number of hydrogen-bond donors (Lipinski definition) is 2. The third kappa shape index (κ3) is 3.61. The first-order chi connectivity index (χ1) is 7.95. The first-order valence-electron chi connectivity index (χ1n) is 5.40. The molecule has 1 aromatic carbocycles. The van der Waals surface area contributed by atoms with Gasteiger partial charge < -0.3 is 15.6 Å². The molecule has 0 aliphatic rings. The van der Waals surface area contributed by atoms with Gasteiger partial charge in [0.2, 0.25) is 0 Å². The Labute approximate surface area is 105 Å². The highest BCUT2D eigenvalue weighted by atomic mass is 35.5. The monoisotopic (exact) mass is 257 g/mol. The van der Waals surface area contributed by atoms with E-state index in [1.165, 1.54) is 0 Å². The van der Waals surface area contributed by atoms with E-state index in [1.54, 1.807) is 32.0 Å². The Bertz CT molecular complexity index is 407. The van der Waals surface area contributed by atoms with Crippen LogP contribution in [0.25, 0.3) is 0 Å². The predicted molar refractivity (Wildman–Crippen MR) is 66.4 cm³/mol. The minimum absolute atomic E-state index is 0.269. The Hall–Kier alpha value is -1.26. The summed E-state index contributed by atoms with van der Waals surface area (Å²) in [7, 11) is 0. The van der Waals surface area contributed by atoms with Crippen molar-refractivity contribution < 1.29 is 14.6 Å². The molecule has 0 aliphatic carbocycles. The third-order valence-electron chi connectivity index (χ3n) is 2.38. The van der Waals surface area contributed by atoms with Crippen molar-refractivity contribution in [3.63, 3.8) is 0 Å². The number of aliphatic carboxylic acids is 1. The maximum Gasteiger partial charge on any atom is 0.344 e. The third-order valence-corrected chi connectivity index (χ3v) is 2.61. The normalized spacial score (nSPS) is 14.1. The van der Waals surface area contributed by atoms with Crippen molar-refractivity contribution in [3.8, 4) is 5.75 Å². The van der Waals surface area contributed by atoms with Gasteiger partial charge in [0.25, 0.3) is 0 Å². The van der Waals surface area contributed by atoms with Crippen LogP contribution < -0.4 is 10.5 Å². The summed E-state index contributed by atoms with van der Waals surface area (Å²) in [5, 5.41) is 9.49. The largest absolute Gasteiger partial charge is 0.479 e. The number of rotatable bonds is 5. The van der Waals surface area contributed by atoms with Crippen LogP contribution in [-0.2, 0) is 4.79 Å². The fourth-order valence-electron chi connectivity index (χ4n) is 1.44. The Morgan fingerprint density at radius 1 is 1.59 bits per heavy atom. The molecule has 0 aliphatic heterocycles. The Balaban J connectivity index is 3.01. The summed E-state index contributed by atoms with van der Waals surface area (Å²) in [6, 6.07) is 4.72. The molecule has 3 N–H and O–H groups in total. The summed E-state index contributed by atoms with van der Waals surface area (Å²) >= 11 is 5.87. The topological polar surface area (TPSA) is 72.5 Å². The molecule has 0 bridgehead atoms. The second-order valence-electron chi connectivity index (χ2n) is 3.82. The van der Waals surface area contributed by atoms with Gasteiger partial charge in [-0.3, -0.25) is 0 Å². The van der Waals surface area contributed by atoms with Gasteiger partial charge in [0.15, 0.2) is 6.10 Å². The maximum atomic E-state index is 10.9. The van der Waals surface area contributed by atoms with Gasteiger partial charge in [-0.2, -0.15) is 0 Å². The molecule has 0 fully saturated rings. The molecule has 0 radical (unpaired) electrons. The summed E-state index contributed by atoms with van der Waals surface area (Å²) in [6.07, 6.45) is -0.482. The lowest BCUT2D eigenvalue weighted by molar-refractivity contribution is -0.145. The average Bonchev–Trinajstić information content (AvgIpc) is 2.26. The number of halogens is 1. The molecule has 4 nitrogen and oxygen atoms in total. The van der Waals surface area contributed by atoms with Gasteiger partial charge in [-0.25, -0.2) is 4.79 Å². The number of ether oxygens (including phenoxy) is 1. The van der Waals surface area contributed by atoms with Crippen molar-refractivity contribution >= 4 is 17.6 Å². The minimum Gasteiger partial charge on any atom is -0.479 e. The lowest BCUT2D eigenvalue weighted by atomic mass is 10.1. The maximum absolute atomic E-state index is 10.9. The van der Waals surface area contributed by atoms with E-state index in [2.05, 4.69) is 0 Å². The molecule has 0 aromatic heterocycles. The van der Waals surface area contributed by atoms with Crippen LogP contribution in [-0.4, -0.2) is 17.2 Å². The van der Waals surface area contributed by atoms with Crippen molar-refractivity contribution in [2.24, 2.45) is 5.73 Å². The SMILES string of the molecule is CCC(Oc1ccc(Cl)cc1C(C)N)C(=O)O. The van der Waals surface area contributed by atoms with Crippen LogP contribution in [0.15, 0.2) is 18.2 Å². The molecular weight excluding hydrogens is 242 g/mol. The Morgan fingerprint density at radius 3 is 2.71 bits per heavy atom. The quantitative estimate of drug-likeness (QED) is 0.850. The van der Waals surface area contributed by atoms with Crippen LogP contribution in [0.2, 0.25) is 5.02 Å². The van der Waals surface area contributed by atoms with Gasteiger partial charge in [-0.15, -0.1) is 0 Å². The van der Waals surface area contributed by atoms with Crippen molar-refractivity contribution in [2.75, 3.05) is 0 Å². The van der Waals surface area contributed by atoms with Gasteiger partial charge >= 0.3 is 5.97 Å². The van der Waals surface area contributed by atoms with E-state index in [9.17, 15) is 4.79 Å². The molecule has 0 amide bonds. The molecule has 5 heteroatoms. The fraction of sp³-hybridized carbons (Fsp3) is 0.417. The summed E-state index contributed by atoms with van der Waals surface area (Å²) in [6.45, 7) is 3.54. The van der Waals surface area contributed by atoms with Crippen LogP contribution in [0.1, 0.15) is 31.9 Å². The number of carboxylic acids is 1. The summed E-state index contributed by atoms with van der Waals surface area (Å²) in [5.74, 6) is -0.517. The molecular formula is C12H16ClNO3. The highest BCUT2D eigenvalue weighted by Gasteiger charge is 2.19. The van der Waals surface area contributed by atoms with E-state index in [0.29, 0.717) is 22.8 Å². The summed E-state index contributed by atoms with van der Waals surface area (Å²) < 4.78 is 5.43. The molecule has 2 atom stereocenters. The molecule has 0 spiro atoms. The van der Waals surface area contributed by atoms with E-state index in [0.717, 1.165) is 0 Å². The van der Waals surface area contributed by atoms with E-state index >= 15 is 0 Å². The minimum atomic E-state index is -0.988. The van der Waals surface area contributed by atoms with Gasteiger partial charge in [0, 0.05) is 16.6 Å². The van der Waals surface area contributed by atoms with Crippen LogP contribution in [0.5, 0.6) is 5.75 Å². The van der Waals surface area contributed by atoms with Crippen molar-refractivity contribution in [3.05, 3.63) is 28.8 Å². The zero-order chi connectivity index (χ0) is 13.0. The first kappa shape index (κ1) is 13.8. The van der Waals surface area contributed by atoms with E-state index in [-0.39, 0.29) is 6.04 Å². The molecule has 0 saturated carbocycles. The van der Waals surface area contributed by atoms with E-state index < -0.39 is 12.1 Å². The molecule has 1 rings (SSSR count). The second kappa shape index (κ2) is 5.89. The zero-order valence-electron chi connectivity index (χ0n) is 9.81.